The molecule has 3 aromatic rings. The van der Waals surface area contributed by atoms with E-state index in [1.807, 2.05) is 0 Å². The lowest BCUT2D eigenvalue weighted by Gasteiger charge is -2.14. The third-order valence-corrected chi connectivity index (χ3v) is 6.12. The number of nitrogens with one attached hydrogen (secondary N) is 1. The predicted molar refractivity (Wildman–Crippen MR) is 111 cm³/mol. The Labute approximate surface area is 179 Å². The molecular formula is C20H18F3N3O2S2. The highest BCUT2D eigenvalue weighted by atomic mass is 32.2. The Bertz CT molecular complexity index is 1030. The number of thioether (sulfide) groups is 1. The fraction of sp³-hybridized carbons (Fsp3) is 0.250. The van der Waals surface area contributed by atoms with E-state index in [0.717, 1.165) is 21.2 Å². The van der Waals surface area contributed by atoms with Crippen LogP contribution < -0.4 is 5.32 Å². The van der Waals surface area contributed by atoms with Crippen molar-refractivity contribution in [1.29, 1.82) is 0 Å². The van der Waals surface area contributed by atoms with Gasteiger partial charge in [-0.3, -0.25) is 9.59 Å². The molecule has 0 bridgehead atoms. The van der Waals surface area contributed by atoms with E-state index in [9.17, 15) is 22.8 Å². The van der Waals surface area contributed by atoms with Crippen molar-refractivity contribution in [2.45, 2.75) is 31.3 Å². The number of alkyl halides is 3. The zero-order chi connectivity index (χ0) is 21.7. The SMILES string of the molecule is CC(=O)NCc1ccc(C(=O)CSc2ncc(-c3ccccc3)n2CC(F)(F)F)s1. The molecule has 0 aliphatic carbocycles. The zero-order valence-corrected chi connectivity index (χ0v) is 17.5. The molecule has 0 spiro atoms. The summed E-state index contributed by atoms with van der Waals surface area (Å²) in [7, 11) is 0. The molecule has 5 nitrogen and oxygen atoms in total. The Hall–Kier alpha value is -2.59. The van der Waals surface area contributed by atoms with Crippen molar-refractivity contribution >= 4 is 34.8 Å². The molecule has 0 unspecified atom stereocenters. The van der Waals surface area contributed by atoms with Crippen LogP contribution in [0.5, 0.6) is 0 Å². The fourth-order valence-electron chi connectivity index (χ4n) is 2.68. The van der Waals surface area contributed by atoms with Gasteiger partial charge in [0.25, 0.3) is 0 Å². The van der Waals surface area contributed by atoms with Crippen LogP contribution >= 0.6 is 23.1 Å². The predicted octanol–water partition coefficient (Wildman–Crippen LogP) is 4.79. The van der Waals surface area contributed by atoms with Crippen LogP contribution in [-0.4, -0.2) is 33.2 Å². The number of carbonyl (C=O) groups excluding carboxylic acids is 2. The van der Waals surface area contributed by atoms with Crippen LogP contribution in [-0.2, 0) is 17.9 Å². The maximum atomic E-state index is 13.1. The molecule has 1 aromatic carbocycles. The minimum absolute atomic E-state index is 0.0385. The number of aromatic nitrogens is 2. The van der Waals surface area contributed by atoms with Crippen molar-refractivity contribution in [3.8, 4) is 11.3 Å². The number of Topliss-reactive ketones (excluding diaryl/α,β-unsaturated/α-hetero) is 1. The summed E-state index contributed by atoms with van der Waals surface area (Å²) < 4.78 is 40.5. The number of rotatable bonds is 8. The first-order valence-electron chi connectivity index (χ1n) is 8.90. The smallest absolute Gasteiger partial charge is 0.351 e. The maximum absolute atomic E-state index is 13.1. The van der Waals surface area contributed by atoms with E-state index in [4.69, 9.17) is 0 Å². The Morgan fingerprint density at radius 3 is 2.57 bits per heavy atom. The number of benzene rings is 1. The summed E-state index contributed by atoms with van der Waals surface area (Å²) >= 11 is 2.22. The van der Waals surface area contributed by atoms with E-state index in [1.165, 1.54) is 24.5 Å². The van der Waals surface area contributed by atoms with Gasteiger partial charge in [-0.05, 0) is 17.7 Å². The standard InChI is InChI=1S/C20H18F3N3O2S2/c1-13(27)24-9-15-7-8-18(30-15)17(28)11-29-19-25-10-16(14-5-3-2-4-6-14)26(19)12-20(21,22)23/h2-8,10H,9,11-12H2,1H3,(H,24,27). The quantitative estimate of drug-likeness (QED) is 0.394. The van der Waals surface area contributed by atoms with Crippen molar-refractivity contribution in [1.82, 2.24) is 14.9 Å². The van der Waals surface area contributed by atoms with Crippen molar-refractivity contribution in [3.05, 3.63) is 58.4 Å². The summed E-state index contributed by atoms with van der Waals surface area (Å²) in [5.41, 5.74) is 0.963. The van der Waals surface area contributed by atoms with Crippen LogP contribution in [0.3, 0.4) is 0 Å². The number of nitrogens with zero attached hydrogens (tertiary/aromatic N) is 2. The third kappa shape index (κ3) is 5.96. The largest absolute Gasteiger partial charge is 0.406 e. The molecule has 0 radical (unpaired) electrons. The highest BCUT2D eigenvalue weighted by Crippen LogP contribution is 2.30. The molecule has 10 heteroatoms. The Morgan fingerprint density at radius 2 is 1.90 bits per heavy atom. The lowest BCUT2D eigenvalue weighted by molar-refractivity contribution is -0.141. The van der Waals surface area contributed by atoms with Crippen LogP contribution in [0.4, 0.5) is 13.2 Å². The molecule has 158 valence electrons. The molecule has 0 fully saturated rings. The highest BCUT2D eigenvalue weighted by molar-refractivity contribution is 7.99. The monoisotopic (exact) mass is 453 g/mol. The molecule has 30 heavy (non-hydrogen) atoms. The summed E-state index contributed by atoms with van der Waals surface area (Å²) in [6.45, 7) is 0.549. The fourth-order valence-corrected chi connectivity index (χ4v) is 4.52. The molecule has 0 aliphatic rings. The zero-order valence-electron chi connectivity index (χ0n) is 15.9. The molecule has 3 rings (SSSR count). The van der Waals surface area contributed by atoms with Gasteiger partial charge in [-0.2, -0.15) is 13.2 Å². The molecule has 1 N–H and O–H groups in total. The van der Waals surface area contributed by atoms with Gasteiger partial charge >= 0.3 is 6.18 Å². The topological polar surface area (TPSA) is 64.0 Å². The lowest BCUT2D eigenvalue weighted by atomic mass is 10.2. The van der Waals surface area contributed by atoms with Crippen molar-refractivity contribution in [2.24, 2.45) is 0 Å². The second-order valence-electron chi connectivity index (χ2n) is 6.38. The number of imidazole rings is 1. The van der Waals surface area contributed by atoms with Crippen molar-refractivity contribution in [2.75, 3.05) is 5.75 Å². The van der Waals surface area contributed by atoms with Crippen LogP contribution in [0.15, 0.2) is 53.8 Å². The van der Waals surface area contributed by atoms with Crippen LogP contribution in [0.1, 0.15) is 21.5 Å². The molecule has 0 saturated heterocycles. The van der Waals surface area contributed by atoms with Gasteiger partial charge in [0.15, 0.2) is 10.9 Å². The first-order valence-corrected chi connectivity index (χ1v) is 10.7. The summed E-state index contributed by atoms with van der Waals surface area (Å²) in [6.07, 6.45) is -3.03. The van der Waals surface area contributed by atoms with Crippen LogP contribution in [0.25, 0.3) is 11.3 Å². The summed E-state index contributed by atoms with van der Waals surface area (Å²) in [5.74, 6) is -0.414. The van der Waals surface area contributed by atoms with E-state index in [1.54, 1.807) is 42.5 Å². The van der Waals surface area contributed by atoms with Gasteiger partial charge in [0, 0.05) is 11.8 Å². The van der Waals surface area contributed by atoms with Gasteiger partial charge in [0.2, 0.25) is 5.91 Å². The van der Waals surface area contributed by atoms with E-state index in [0.29, 0.717) is 22.7 Å². The van der Waals surface area contributed by atoms with E-state index < -0.39 is 12.7 Å². The molecule has 1 amide bonds. The second kappa shape index (κ2) is 9.48. The summed E-state index contributed by atoms with van der Waals surface area (Å²) in [5, 5.41) is 2.79. The molecular weight excluding hydrogens is 435 g/mol. The van der Waals surface area contributed by atoms with Crippen molar-refractivity contribution in [3.63, 3.8) is 0 Å². The summed E-state index contributed by atoms with van der Waals surface area (Å²) in [6, 6.07) is 12.1. The number of carbonyl (C=O) groups is 2. The van der Waals surface area contributed by atoms with E-state index in [-0.39, 0.29) is 22.6 Å². The number of halogens is 3. The normalized spacial score (nSPS) is 11.5. The van der Waals surface area contributed by atoms with Gasteiger partial charge in [0.1, 0.15) is 6.54 Å². The first-order chi connectivity index (χ1) is 14.2. The Morgan fingerprint density at radius 1 is 1.17 bits per heavy atom. The van der Waals surface area contributed by atoms with E-state index in [2.05, 4.69) is 10.3 Å². The van der Waals surface area contributed by atoms with Gasteiger partial charge in [0.05, 0.1) is 29.1 Å². The molecule has 0 atom stereocenters. The maximum Gasteiger partial charge on any atom is 0.406 e. The Kier molecular flexibility index (Phi) is 6.99. The minimum Gasteiger partial charge on any atom is -0.351 e. The number of ketones is 1. The van der Waals surface area contributed by atoms with Gasteiger partial charge < -0.3 is 9.88 Å². The number of amides is 1. The highest BCUT2D eigenvalue weighted by Gasteiger charge is 2.31. The Balaban J connectivity index is 1.74. The molecule has 0 saturated carbocycles. The molecule has 0 aliphatic heterocycles. The lowest BCUT2D eigenvalue weighted by Crippen LogP contribution is -2.19. The molecule has 2 aromatic heterocycles. The van der Waals surface area contributed by atoms with Crippen LogP contribution in [0, 0.1) is 0 Å². The average Bonchev–Trinajstić information content (AvgIpc) is 3.31. The molecule has 2 heterocycles. The minimum atomic E-state index is -4.42. The number of hydrogen-bond acceptors (Lipinski definition) is 5. The second-order valence-corrected chi connectivity index (χ2v) is 8.49. The number of hydrogen-bond donors (Lipinski definition) is 1. The van der Waals surface area contributed by atoms with Gasteiger partial charge in [-0.25, -0.2) is 4.98 Å². The van der Waals surface area contributed by atoms with Crippen LogP contribution in [0.2, 0.25) is 0 Å². The van der Waals surface area contributed by atoms with Crippen molar-refractivity contribution < 1.29 is 22.8 Å². The third-order valence-electron chi connectivity index (χ3n) is 4.01. The van der Waals surface area contributed by atoms with Gasteiger partial charge in [-0.15, -0.1) is 11.3 Å². The average molecular weight is 454 g/mol. The first kappa shape index (κ1) is 22.1. The van der Waals surface area contributed by atoms with E-state index >= 15 is 0 Å². The summed E-state index contributed by atoms with van der Waals surface area (Å²) in [4.78, 5) is 28.9. The number of thiophene rings is 1. The van der Waals surface area contributed by atoms with Gasteiger partial charge in [-0.1, -0.05) is 42.1 Å².